The molecule has 19 heteroatoms. The van der Waals surface area contributed by atoms with Gasteiger partial charge in [-0.2, -0.15) is 14.9 Å². The molecule has 4 aromatic carbocycles. The van der Waals surface area contributed by atoms with E-state index in [9.17, 15) is 9.59 Å². The Bertz CT molecular complexity index is 2290. The van der Waals surface area contributed by atoms with E-state index in [2.05, 4.69) is 94.5 Å². The molecule has 1 atom stereocenters. The van der Waals surface area contributed by atoms with Crippen LogP contribution in [0.2, 0.25) is 0 Å². The molecule has 65 heavy (non-hydrogen) atoms. The van der Waals surface area contributed by atoms with Gasteiger partial charge in [0.05, 0.1) is 19.5 Å². The lowest BCUT2D eigenvalue weighted by atomic mass is 10.1. The summed E-state index contributed by atoms with van der Waals surface area (Å²) >= 11 is 11.0. The van der Waals surface area contributed by atoms with Crippen LogP contribution in [0.15, 0.2) is 102 Å². The minimum atomic E-state index is -0.147. The minimum absolute atomic E-state index is 0. The summed E-state index contributed by atoms with van der Waals surface area (Å²) in [5, 5.41) is 8.19. The van der Waals surface area contributed by atoms with Gasteiger partial charge in [-0.1, -0.05) is 46.0 Å². The Morgan fingerprint density at radius 2 is 1.23 bits per heavy atom. The van der Waals surface area contributed by atoms with Crippen LogP contribution in [0.3, 0.4) is 0 Å². The number of amidine groups is 1. The zero-order valence-corrected chi connectivity index (χ0v) is 43.0. The predicted molar refractivity (Wildman–Crippen MR) is 287 cm³/mol. The number of nitrogens with zero attached hydrogens (tertiary/aromatic N) is 6. The highest BCUT2D eigenvalue weighted by atomic mass is 79.9. The Morgan fingerprint density at radius 1 is 0.769 bits per heavy atom. The summed E-state index contributed by atoms with van der Waals surface area (Å²) in [7, 11) is 7.50. The number of halogens is 1. The van der Waals surface area contributed by atoms with Crippen molar-refractivity contribution < 1.29 is 19.1 Å². The van der Waals surface area contributed by atoms with Crippen LogP contribution < -0.4 is 41.4 Å². The fourth-order valence-electron chi connectivity index (χ4n) is 6.47. The van der Waals surface area contributed by atoms with E-state index in [0.717, 1.165) is 75.2 Å². The number of thiazole rings is 1. The monoisotopic (exact) mass is 1020 g/mol. The number of aromatic nitrogens is 1. The molecule has 0 aliphatic carbocycles. The minimum Gasteiger partial charge on any atom is -0.497 e. The molecule has 348 valence electrons. The number of ketones is 2. The van der Waals surface area contributed by atoms with Crippen molar-refractivity contribution in [3.05, 3.63) is 113 Å². The molecule has 2 aliphatic heterocycles. The number of hydrogen-bond donors (Lipinski definition) is 4. The van der Waals surface area contributed by atoms with Gasteiger partial charge in [-0.15, -0.1) is 0 Å². The first-order valence-electron chi connectivity index (χ1n) is 20.7. The number of carbonyl (C=O) groups excluding carboxylic acids is 2. The quantitative estimate of drug-likeness (QED) is 0.0237. The van der Waals surface area contributed by atoms with Crippen molar-refractivity contribution in [1.82, 2.24) is 14.8 Å². The number of ether oxygens (including phenoxy) is 2. The van der Waals surface area contributed by atoms with E-state index in [0.29, 0.717) is 42.5 Å². The molecule has 0 bridgehead atoms. The lowest BCUT2D eigenvalue weighted by Gasteiger charge is -2.34. The molecule has 0 saturated carbocycles. The van der Waals surface area contributed by atoms with E-state index in [1.165, 1.54) is 34.5 Å². The first kappa shape index (κ1) is 52.8. The van der Waals surface area contributed by atoms with Crippen LogP contribution in [0.1, 0.15) is 32.5 Å². The van der Waals surface area contributed by atoms with E-state index >= 15 is 0 Å². The lowest BCUT2D eigenvalue weighted by molar-refractivity contribution is 0.102. The highest BCUT2D eigenvalue weighted by Gasteiger charge is 2.19. The third-order valence-electron chi connectivity index (χ3n) is 10.2. The van der Waals surface area contributed by atoms with Gasteiger partial charge in [0, 0.05) is 86.2 Å². The van der Waals surface area contributed by atoms with Crippen molar-refractivity contribution in [1.29, 1.82) is 0 Å². The van der Waals surface area contributed by atoms with Crippen molar-refractivity contribution >= 4 is 117 Å². The average molecular weight is 1020 g/mol. The Morgan fingerprint density at radius 3 is 1.68 bits per heavy atom. The molecule has 0 amide bonds. The van der Waals surface area contributed by atoms with Crippen molar-refractivity contribution in [2.45, 2.75) is 6.92 Å². The van der Waals surface area contributed by atoms with Gasteiger partial charge >= 0.3 is 0 Å². The van der Waals surface area contributed by atoms with Gasteiger partial charge in [-0.3, -0.25) is 9.59 Å². The van der Waals surface area contributed by atoms with Crippen LogP contribution in [0, 0.1) is 0 Å². The van der Waals surface area contributed by atoms with Gasteiger partial charge in [0.2, 0.25) is 5.78 Å². The number of thioether (sulfide) groups is 1. The molecule has 14 nitrogen and oxygen atoms in total. The number of methoxy groups -OCH3 is 2. The van der Waals surface area contributed by atoms with Gasteiger partial charge in [0.15, 0.2) is 21.2 Å². The van der Waals surface area contributed by atoms with Crippen LogP contribution in [0.25, 0.3) is 0 Å². The summed E-state index contributed by atoms with van der Waals surface area (Å²) in [6, 6.07) is 30.6. The molecule has 6 N–H and O–H groups in total. The number of thiocarbonyl (C=S) groups is 1. The van der Waals surface area contributed by atoms with E-state index in [1.807, 2.05) is 31.2 Å². The Kier molecular flexibility index (Phi) is 21.9. The second-order valence-electron chi connectivity index (χ2n) is 14.7. The number of nitrogens with one attached hydrogen (secondary N) is 2. The first-order chi connectivity index (χ1) is 30.9. The number of Topliss-reactive ketones (excluding diaryl/α,β-unsaturated/α-hetero) is 1. The molecule has 5 aromatic rings. The molecule has 1 unspecified atom stereocenters. The topological polar surface area (TPSA) is 167 Å². The molecule has 0 radical (unpaired) electrons. The molecule has 2 saturated heterocycles. The fourth-order valence-corrected chi connectivity index (χ4v) is 8.39. The van der Waals surface area contributed by atoms with Crippen molar-refractivity contribution in [3.63, 3.8) is 0 Å². The van der Waals surface area contributed by atoms with Gasteiger partial charge in [0.25, 0.3) is 0 Å². The molecule has 7 rings (SSSR count). The number of hydrogen-bond acceptors (Lipinski definition) is 14. The lowest BCUT2D eigenvalue weighted by Crippen LogP contribution is -2.44. The summed E-state index contributed by atoms with van der Waals surface area (Å²) < 4.78 is 10.1. The molecule has 3 heterocycles. The van der Waals surface area contributed by atoms with Crippen LogP contribution in [0.4, 0.5) is 33.7 Å². The number of likely N-dealkylation sites (N-methyl/N-ethyl adjacent to an activating group) is 2. The number of nitrogens with two attached hydrogens (primary N) is 2. The number of anilines is 6. The first-order valence-corrected chi connectivity index (χ1v) is 24.0. The van der Waals surface area contributed by atoms with Crippen molar-refractivity contribution in [2.75, 3.05) is 118 Å². The third-order valence-corrected chi connectivity index (χ3v) is 12.6. The summed E-state index contributed by atoms with van der Waals surface area (Å²) in [6.45, 7) is 10.6. The number of rotatable bonds is 12. The normalized spacial score (nSPS) is 14.1. The summed E-state index contributed by atoms with van der Waals surface area (Å²) in [4.78, 5) is 42.3. The zero-order valence-electron chi connectivity index (χ0n) is 37.6. The highest BCUT2D eigenvalue weighted by molar-refractivity contribution is 9.09. The smallest absolute Gasteiger partial charge is 0.206 e. The number of carbonyl (C=O) groups is 2. The van der Waals surface area contributed by atoms with Crippen LogP contribution >= 0.6 is 61.1 Å². The Labute approximate surface area is 408 Å². The van der Waals surface area contributed by atoms with Crippen molar-refractivity contribution in [3.8, 4) is 11.5 Å². The van der Waals surface area contributed by atoms with E-state index in [-0.39, 0.29) is 27.3 Å². The number of alkyl halides is 1. The van der Waals surface area contributed by atoms with Crippen molar-refractivity contribution in [2.24, 2.45) is 10.7 Å². The highest BCUT2D eigenvalue weighted by Crippen LogP contribution is 2.31. The summed E-state index contributed by atoms with van der Waals surface area (Å²) in [5.74, 6) is 2.52. The average Bonchev–Trinajstić information content (AvgIpc) is 3.69. The fraction of sp³-hybridized carbons (Fsp3) is 0.326. The molecular weight excluding hydrogens is 964 g/mol. The number of benzene rings is 4. The molecule has 0 spiro atoms. The third kappa shape index (κ3) is 16.5. The molecule has 2 aliphatic rings. The van der Waals surface area contributed by atoms with Crippen LogP contribution in [-0.4, -0.2) is 128 Å². The van der Waals surface area contributed by atoms with Crippen LogP contribution in [-0.2, 0) is 0 Å². The molecular formula is C46H60BrN10O4PS3. The van der Waals surface area contributed by atoms with Gasteiger partial charge in [-0.05, 0) is 129 Å². The maximum atomic E-state index is 12.8. The second kappa shape index (κ2) is 27.0. The largest absolute Gasteiger partial charge is 0.497 e. The standard InChI is InChI=1S/C22H25N5O2S.C15H23N5S2.C9H9BrO2.H3P/c1-26-11-13-27(14-12-26)17-7-5-16(6-8-17)24-22-25-21(23)20(30-22)19(28)15-3-9-18(29-2)10-4-15;1-3-22-14(16)18-15(21)17-12-4-6-13(7-5-12)20-10-8-19(2)9-11-20;1-12-8-4-2-7(3-5-8)9(11)6-10;/h3-10H,11-14,23H2,1-2H3,(H,24,25);4-7H,3,8-11H2,1-2H3,(H3,16,17,18,21);2-5H,6H2,1H3;1H3. The molecule has 1 aromatic heterocycles. The maximum absolute atomic E-state index is 12.8. The number of piperazine rings is 2. The van der Waals surface area contributed by atoms with Gasteiger partial charge < -0.3 is 51.2 Å². The molecule has 2 fully saturated rings. The number of nitrogen functional groups attached to an aromatic ring is 1. The van der Waals surface area contributed by atoms with Crippen LogP contribution in [0.5, 0.6) is 11.5 Å². The van der Waals surface area contributed by atoms with E-state index in [1.54, 1.807) is 62.8 Å². The second-order valence-corrected chi connectivity index (χ2v) is 17.9. The summed E-state index contributed by atoms with van der Waals surface area (Å²) in [6.07, 6.45) is 0. The van der Waals surface area contributed by atoms with E-state index < -0.39 is 0 Å². The number of aliphatic imine (C=N–C) groups is 1. The zero-order chi connectivity index (χ0) is 46.0. The maximum Gasteiger partial charge on any atom is 0.206 e. The van der Waals surface area contributed by atoms with Gasteiger partial charge in [-0.25, -0.2) is 4.98 Å². The Balaban J connectivity index is 0.000000232. The van der Waals surface area contributed by atoms with Gasteiger partial charge in [0.1, 0.15) is 22.2 Å². The van der Waals surface area contributed by atoms with E-state index in [4.69, 9.17) is 33.2 Å². The SMILES string of the molecule is CCSC(N)=NC(=S)Nc1ccc(N2CCN(C)CC2)cc1.COc1ccc(C(=O)CBr)cc1.COc1ccc(C(=O)c2sc(Nc3ccc(N4CCN(C)CC4)cc3)nc2N)cc1.P. The predicted octanol–water partition coefficient (Wildman–Crippen LogP) is 7.99. The summed E-state index contributed by atoms with van der Waals surface area (Å²) in [5.41, 5.74) is 17.3. The Hall–Kier alpha value is -4.81.